The van der Waals surface area contributed by atoms with E-state index in [0.717, 1.165) is 12.0 Å². The molecule has 132 valence electrons. The van der Waals surface area contributed by atoms with Gasteiger partial charge < -0.3 is 19.5 Å². The van der Waals surface area contributed by atoms with E-state index >= 15 is 0 Å². The minimum absolute atomic E-state index is 0.0491. The van der Waals surface area contributed by atoms with Crippen LogP contribution < -0.4 is 10.1 Å². The van der Waals surface area contributed by atoms with Crippen LogP contribution in [0.5, 0.6) is 5.75 Å². The third kappa shape index (κ3) is 5.76. The predicted molar refractivity (Wildman–Crippen MR) is 89.2 cm³/mol. The zero-order valence-corrected chi connectivity index (χ0v) is 14.8. The maximum atomic E-state index is 11.7. The minimum Gasteiger partial charge on any atom is -0.447 e. The molecule has 2 atom stereocenters. The molecule has 1 aliphatic rings. The van der Waals surface area contributed by atoms with Crippen LogP contribution in [-0.4, -0.2) is 30.0 Å². The molecular weight excluding hydrogens is 310 g/mol. The van der Waals surface area contributed by atoms with Gasteiger partial charge in [-0.05, 0) is 58.7 Å². The summed E-state index contributed by atoms with van der Waals surface area (Å²) in [5, 5.41) is 2.83. The van der Waals surface area contributed by atoms with Crippen molar-refractivity contribution in [1.29, 1.82) is 0 Å². The Morgan fingerprint density at radius 2 is 1.96 bits per heavy atom. The van der Waals surface area contributed by atoms with Gasteiger partial charge in [-0.15, -0.1) is 0 Å². The lowest BCUT2D eigenvalue weighted by Gasteiger charge is -2.18. The van der Waals surface area contributed by atoms with E-state index in [1.54, 1.807) is 46.8 Å². The van der Waals surface area contributed by atoms with Gasteiger partial charge in [-0.25, -0.2) is 9.59 Å². The molecule has 24 heavy (non-hydrogen) atoms. The molecule has 1 aromatic carbocycles. The Labute approximate surface area is 142 Å². The fraction of sp³-hybridized carbons (Fsp3) is 0.556. The summed E-state index contributed by atoms with van der Waals surface area (Å²) in [6, 6.07) is 7.31. The molecule has 0 spiro atoms. The second kappa shape index (κ2) is 7.11. The molecule has 1 N–H and O–H groups in total. The van der Waals surface area contributed by atoms with Crippen molar-refractivity contribution >= 4 is 12.2 Å². The Bertz CT molecular complexity index is 606. The van der Waals surface area contributed by atoms with Gasteiger partial charge in [-0.2, -0.15) is 0 Å². The first-order chi connectivity index (χ1) is 11.1. The van der Waals surface area contributed by atoms with Crippen molar-refractivity contribution in [3.8, 4) is 5.75 Å². The summed E-state index contributed by atoms with van der Waals surface area (Å²) in [6.07, 6.45) is -0.444. The summed E-state index contributed by atoms with van der Waals surface area (Å²) >= 11 is 0. The number of alkyl carbamates (subject to hydrolysis) is 1. The molecular formula is C18H25NO5. The SMILES string of the molecule is CC(C)OC(=O)NC1CC1c1cccc(OC(=O)OC(C)(C)C)c1. The van der Waals surface area contributed by atoms with Gasteiger partial charge in [0, 0.05) is 12.0 Å². The van der Waals surface area contributed by atoms with Crippen molar-refractivity contribution in [1.82, 2.24) is 5.32 Å². The molecule has 2 rings (SSSR count). The second-order valence-electron chi connectivity index (χ2n) is 7.19. The molecule has 0 radical (unpaired) electrons. The van der Waals surface area contributed by atoms with Gasteiger partial charge in [0.05, 0.1) is 6.10 Å². The third-order valence-electron chi connectivity index (χ3n) is 3.31. The van der Waals surface area contributed by atoms with Crippen LogP contribution in [0.25, 0.3) is 0 Å². The van der Waals surface area contributed by atoms with Gasteiger partial charge in [-0.3, -0.25) is 0 Å². The van der Waals surface area contributed by atoms with E-state index in [9.17, 15) is 9.59 Å². The number of hydrogen-bond acceptors (Lipinski definition) is 5. The van der Waals surface area contributed by atoms with Gasteiger partial charge >= 0.3 is 12.2 Å². The Balaban J connectivity index is 1.90. The largest absolute Gasteiger partial charge is 0.514 e. The highest BCUT2D eigenvalue weighted by atomic mass is 16.7. The summed E-state index contributed by atoms with van der Waals surface area (Å²) in [5.74, 6) is 0.629. The molecule has 0 aliphatic heterocycles. The summed E-state index contributed by atoms with van der Waals surface area (Å²) in [6.45, 7) is 8.95. The summed E-state index contributed by atoms with van der Waals surface area (Å²) in [5.41, 5.74) is 0.405. The minimum atomic E-state index is -0.731. The average Bonchev–Trinajstić information content (AvgIpc) is 3.14. The van der Waals surface area contributed by atoms with Crippen LogP contribution >= 0.6 is 0 Å². The Morgan fingerprint density at radius 1 is 1.25 bits per heavy atom. The molecule has 0 bridgehead atoms. The fourth-order valence-corrected chi connectivity index (χ4v) is 2.30. The Morgan fingerprint density at radius 3 is 2.58 bits per heavy atom. The van der Waals surface area contributed by atoms with Gasteiger partial charge in [0.1, 0.15) is 11.4 Å². The van der Waals surface area contributed by atoms with Gasteiger partial charge in [-0.1, -0.05) is 12.1 Å². The van der Waals surface area contributed by atoms with E-state index in [0.29, 0.717) is 5.75 Å². The summed E-state index contributed by atoms with van der Waals surface area (Å²) < 4.78 is 15.4. The molecule has 1 aromatic rings. The molecule has 0 saturated heterocycles. The number of ether oxygens (including phenoxy) is 3. The van der Waals surface area contributed by atoms with Crippen LogP contribution in [0.15, 0.2) is 24.3 Å². The van der Waals surface area contributed by atoms with E-state index in [1.165, 1.54) is 0 Å². The second-order valence-corrected chi connectivity index (χ2v) is 7.19. The van der Waals surface area contributed by atoms with Crippen molar-refractivity contribution in [3.05, 3.63) is 29.8 Å². The van der Waals surface area contributed by atoms with Crippen molar-refractivity contribution in [2.75, 3.05) is 0 Å². The monoisotopic (exact) mass is 335 g/mol. The zero-order chi connectivity index (χ0) is 17.9. The number of carbonyl (C=O) groups is 2. The van der Waals surface area contributed by atoms with Crippen LogP contribution in [0.1, 0.15) is 52.5 Å². The van der Waals surface area contributed by atoms with Crippen molar-refractivity contribution in [2.45, 2.75) is 64.7 Å². The normalized spacial score (nSPS) is 19.6. The van der Waals surface area contributed by atoms with Crippen LogP contribution in [0.4, 0.5) is 9.59 Å². The zero-order valence-electron chi connectivity index (χ0n) is 14.8. The van der Waals surface area contributed by atoms with E-state index in [2.05, 4.69) is 5.32 Å². The molecule has 2 unspecified atom stereocenters. The first-order valence-corrected chi connectivity index (χ1v) is 8.12. The number of benzene rings is 1. The Kier molecular flexibility index (Phi) is 5.36. The lowest BCUT2D eigenvalue weighted by molar-refractivity contribution is 0.0206. The lowest BCUT2D eigenvalue weighted by atomic mass is 10.1. The standard InChI is InChI=1S/C18H25NO5/c1-11(2)22-16(20)19-15-10-14(15)12-7-6-8-13(9-12)23-17(21)24-18(3,4)5/h6-9,11,14-15H,10H2,1-5H3,(H,19,20). The molecule has 0 aromatic heterocycles. The molecule has 1 fully saturated rings. The highest BCUT2D eigenvalue weighted by Crippen LogP contribution is 2.41. The van der Waals surface area contributed by atoms with Crippen molar-refractivity contribution in [3.63, 3.8) is 0 Å². The molecule has 1 amide bonds. The molecule has 6 nitrogen and oxygen atoms in total. The van der Waals surface area contributed by atoms with Gasteiger partial charge in [0.15, 0.2) is 0 Å². The molecule has 1 aliphatic carbocycles. The lowest BCUT2D eigenvalue weighted by Crippen LogP contribution is -2.29. The maximum absolute atomic E-state index is 11.7. The van der Waals surface area contributed by atoms with E-state index in [4.69, 9.17) is 14.2 Å². The van der Waals surface area contributed by atoms with Crippen molar-refractivity contribution in [2.24, 2.45) is 0 Å². The van der Waals surface area contributed by atoms with Gasteiger partial charge in [0.25, 0.3) is 0 Å². The fourth-order valence-electron chi connectivity index (χ4n) is 2.30. The first kappa shape index (κ1) is 18.1. The quantitative estimate of drug-likeness (QED) is 0.665. The number of rotatable bonds is 4. The number of carbonyl (C=O) groups excluding carboxylic acids is 2. The van der Waals surface area contributed by atoms with Crippen LogP contribution in [0, 0.1) is 0 Å². The first-order valence-electron chi connectivity index (χ1n) is 8.12. The molecule has 1 saturated carbocycles. The van der Waals surface area contributed by atoms with E-state index in [1.807, 2.05) is 12.1 Å². The smallest absolute Gasteiger partial charge is 0.447 e. The van der Waals surface area contributed by atoms with Gasteiger partial charge in [0.2, 0.25) is 0 Å². The number of hydrogen-bond donors (Lipinski definition) is 1. The molecule has 0 heterocycles. The maximum Gasteiger partial charge on any atom is 0.514 e. The summed E-state index contributed by atoms with van der Waals surface area (Å²) in [7, 11) is 0. The van der Waals surface area contributed by atoms with Crippen molar-refractivity contribution < 1.29 is 23.8 Å². The van der Waals surface area contributed by atoms with Crippen LogP contribution in [-0.2, 0) is 9.47 Å². The van der Waals surface area contributed by atoms with Crippen LogP contribution in [0.3, 0.4) is 0 Å². The number of amides is 1. The summed E-state index contributed by atoms with van der Waals surface area (Å²) in [4.78, 5) is 23.3. The number of nitrogens with one attached hydrogen (secondary N) is 1. The average molecular weight is 335 g/mol. The topological polar surface area (TPSA) is 73.9 Å². The predicted octanol–water partition coefficient (Wildman–Crippen LogP) is 3.99. The Hall–Kier alpha value is -2.24. The highest BCUT2D eigenvalue weighted by Gasteiger charge is 2.40. The highest BCUT2D eigenvalue weighted by molar-refractivity contribution is 5.68. The third-order valence-corrected chi connectivity index (χ3v) is 3.31. The van der Waals surface area contributed by atoms with E-state index < -0.39 is 17.8 Å². The molecule has 6 heteroatoms. The van der Waals surface area contributed by atoms with E-state index in [-0.39, 0.29) is 18.1 Å². The van der Waals surface area contributed by atoms with Crippen LogP contribution in [0.2, 0.25) is 0 Å².